The van der Waals surface area contributed by atoms with E-state index in [1.54, 1.807) is 13.3 Å². The predicted octanol–water partition coefficient (Wildman–Crippen LogP) is 0.858. The molecule has 0 amide bonds. The molecule has 16 heavy (non-hydrogen) atoms. The number of pyridine rings is 1. The van der Waals surface area contributed by atoms with E-state index in [-0.39, 0.29) is 5.41 Å². The van der Waals surface area contributed by atoms with Gasteiger partial charge in [-0.25, -0.2) is 0 Å². The van der Waals surface area contributed by atoms with Crippen molar-refractivity contribution in [2.45, 2.75) is 13.8 Å². The van der Waals surface area contributed by atoms with Crippen LogP contribution in [0.25, 0.3) is 0 Å². The van der Waals surface area contributed by atoms with Crippen molar-refractivity contribution in [3.63, 3.8) is 0 Å². The van der Waals surface area contributed by atoms with Gasteiger partial charge in [-0.15, -0.1) is 0 Å². The van der Waals surface area contributed by atoms with Crippen LogP contribution in [0.2, 0.25) is 0 Å². The van der Waals surface area contributed by atoms with E-state index in [9.17, 15) is 0 Å². The summed E-state index contributed by atoms with van der Waals surface area (Å²) in [5, 5.41) is 0. The first-order valence-electron chi connectivity index (χ1n) is 5.34. The maximum atomic E-state index is 5.66. The highest BCUT2D eigenvalue weighted by atomic mass is 16.6. The largest absolute Gasteiger partial charge is 0.517 e. The van der Waals surface area contributed by atoms with Gasteiger partial charge in [-0.3, -0.25) is 4.98 Å². The van der Waals surface area contributed by atoms with E-state index in [0.29, 0.717) is 24.6 Å². The van der Waals surface area contributed by atoms with Crippen LogP contribution in [0.3, 0.4) is 0 Å². The molecule has 0 radical (unpaired) electrons. The Bertz CT molecular complexity index is 360. The fourth-order valence-electron chi connectivity index (χ4n) is 1.60. The van der Waals surface area contributed by atoms with Crippen molar-refractivity contribution in [2.75, 3.05) is 20.3 Å². The molecule has 5 heteroatoms. The average Bonchev–Trinajstić information content (AvgIpc) is 2.29. The number of hydrogen-bond donors (Lipinski definition) is 0. The lowest BCUT2D eigenvalue weighted by atomic mass is 9.79. The Morgan fingerprint density at radius 3 is 2.69 bits per heavy atom. The summed E-state index contributed by atoms with van der Waals surface area (Å²) in [7, 11) is 1.21. The normalized spacial score (nSPS) is 19.6. The molecule has 0 aliphatic carbocycles. The summed E-state index contributed by atoms with van der Waals surface area (Å²) in [5.74, 6) is 0.701. The van der Waals surface area contributed by atoms with Crippen LogP contribution in [0, 0.1) is 5.41 Å². The second kappa shape index (κ2) is 4.43. The molecule has 1 aliphatic heterocycles. The molecule has 2 rings (SSSR count). The molecule has 0 bridgehead atoms. The Morgan fingerprint density at radius 1 is 1.38 bits per heavy atom. The van der Waals surface area contributed by atoms with Crippen molar-refractivity contribution >= 4 is 12.7 Å². The fourth-order valence-corrected chi connectivity index (χ4v) is 1.60. The summed E-state index contributed by atoms with van der Waals surface area (Å²) in [4.78, 5) is 4.25. The quantitative estimate of drug-likeness (QED) is 0.694. The zero-order chi connectivity index (χ0) is 11.6. The Hall–Kier alpha value is -1.07. The molecule has 1 aromatic rings. The standard InChI is InChI=1S/C11H16BNO3/c1-11(2)7-15-12(16-8-11)10-9(14-3)5-4-6-13-10/h4-6H,7-8H2,1-3H3. The molecule has 0 atom stereocenters. The van der Waals surface area contributed by atoms with Gasteiger partial charge in [0.05, 0.1) is 7.11 Å². The second-order valence-electron chi connectivity index (χ2n) is 4.71. The van der Waals surface area contributed by atoms with E-state index >= 15 is 0 Å². The van der Waals surface area contributed by atoms with E-state index in [1.807, 2.05) is 12.1 Å². The molecule has 1 fully saturated rings. The van der Waals surface area contributed by atoms with Crippen molar-refractivity contribution < 1.29 is 14.0 Å². The number of nitrogens with zero attached hydrogens (tertiary/aromatic N) is 1. The maximum Gasteiger partial charge on any atom is 0.517 e. The van der Waals surface area contributed by atoms with Gasteiger partial charge in [0.25, 0.3) is 0 Å². The lowest BCUT2D eigenvalue weighted by Gasteiger charge is -2.32. The Balaban J connectivity index is 2.14. The minimum Gasteiger partial charge on any atom is -0.496 e. The number of hydrogen-bond acceptors (Lipinski definition) is 4. The van der Waals surface area contributed by atoms with Crippen molar-refractivity contribution in [1.29, 1.82) is 0 Å². The third-order valence-corrected chi connectivity index (χ3v) is 2.49. The summed E-state index contributed by atoms with van der Waals surface area (Å²) in [6.07, 6.45) is 1.71. The van der Waals surface area contributed by atoms with Gasteiger partial charge in [0, 0.05) is 24.8 Å². The highest BCUT2D eigenvalue weighted by Crippen LogP contribution is 2.22. The van der Waals surface area contributed by atoms with E-state index in [4.69, 9.17) is 14.0 Å². The molecule has 0 unspecified atom stereocenters. The molecule has 0 N–H and O–H groups in total. The van der Waals surface area contributed by atoms with E-state index in [2.05, 4.69) is 18.8 Å². The van der Waals surface area contributed by atoms with Crippen LogP contribution in [0.1, 0.15) is 13.8 Å². The summed E-state index contributed by atoms with van der Waals surface area (Å²) in [6.45, 7) is 5.55. The molecule has 1 saturated heterocycles. The van der Waals surface area contributed by atoms with Crippen molar-refractivity contribution in [2.24, 2.45) is 5.41 Å². The van der Waals surface area contributed by atoms with Crippen LogP contribution in [0.4, 0.5) is 0 Å². The second-order valence-corrected chi connectivity index (χ2v) is 4.71. The third-order valence-electron chi connectivity index (χ3n) is 2.49. The van der Waals surface area contributed by atoms with Gasteiger partial charge in [0.2, 0.25) is 0 Å². The van der Waals surface area contributed by atoms with Crippen LogP contribution >= 0.6 is 0 Å². The Kier molecular flexibility index (Phi) is 3.16. The molecule has 4 nitrogen and oxygen atoms in total. The number of rotatable bonds is 2. The average molecular weight is 221 g/mol. The highest BCUT2D eigenvalue weighted by molar-refractivity contribution is 6.61. The molecule has 1 aromatic heterocycles. The zero-order valence-electron chi connectivity index (χ0n) is 9.90. The van der Waals surface area contributed by atoms with Crippen LogP contribution in [0.15, 0.2) is 18.3 Å². The summed E-state index contributed by atoms with van der Waals surface area (Å²) in [6, 6.07) is 3.68. The van der Waals surface area contributed by atoms with Crippen LogP contribution in [0.5, 0.6) is 5.75 Å². The first-order chi connectivity index (χ1) is 7.62. The molecule has 0 aromatic carbocycles. The monoisotopic (exact) mass is 221 g/mol. The Labute approximate surface area is 96.1 Å². The summed E-state index contributed by atoms with van der Waals surface area (Å²) in [5.41, 5.74) is 0.777. The maximum absolute atomic E-state index is 5.66. The van der Waals surface area contributed by atoms with E-state index < -0.39 is 7.12 Å². The van der Waals surface area contributed by atoms with Crippen LogP contribution in [-0.4, -0.2) is 32.4 Å². The van der Waals surface area contributed by atoms with Crippen molar-refractivity contribution in [3.05, 3.63) is 18.3 Å². The van der Waals surface area contributed by atoms with Gasteiger partial charge in [0.15, 0.2) is 0 Å². The van der Waals surface area contributed by atoms with Crippen LogP contribution in [-0.2, 0) is 9.31 Å². The fraction of sp³-hybridized carbons (Fsp3) is 0.545. The van der Waals surface area contributed by atoms with Gasteiger partial charge < -0.3 is 14.0 Å². The third kappa shape index (κ3) is 2.36. The lowest BCUT2D eigenvalue weighted by molar-refractivity contribution is 0.0337. The first kappa shape index (κ1) is 11.4. The minimum absolute atomic E-state index is 0.0680. The van der Waals surface area contributed by atoms with Crippen molar-refractivity contribution in [1.82, 2.24) is 4.98 Å². The van der Waals surface area contributed by atoms with Gasteiger partial charge in [0.1, 0.15) is 11.3 Å². The van der Waals surface area contributed by atoms with Gasteiger partial charge in [-0.2, -0.15) is 0 Å². The lowest BCUT2D eigenvalue weighted by Crippen LogP contribution is -2.48. The first-order valence-corrected chi connectivity index (χ1v) is 5.34. The molecule has 1 aliphatic rings. The molecule has 0 spiro atoms. The number of methoxy groups -OCH3 is 1. The highest BCUT2D eigenvalue weighted by Gasteiger charge is 2.36. The van der Waals surface area contributed by atoms with E-state index in [0.717, 1.165) is 0 Å². The van der Waals surface area contributed by atoms with Crippen molar-refractivity contribution in [3.8, 4) is 5.75 Å². The predicted molar refractivity (Wildman–Crippen MR) is 61.9 cm³/mol. The number of ether oxygens (including phenoxy) is 1. The smallest absolute Gasteiger partial charge is 0.496 e. The SMILES string of the molecule is COc1cccnc1B1OCC(C)(C)CO1. The van der Waals surface area contributed by atoms with Crippen LogP contribution < -0.4 is 10.3 Å². The number of aromatic nitrogens is 1. The van der Waals surface area contributed by atoms with Gasteiger partial charge in [-0.1, -0.05) is 13.8 Å². The zero-order valence-corrected chi connectivity index (χ0v) is 9.90. The molecular weight excluding hydrogens is 205 g/mol. The van der Waals surface area contributed by atoms with Gasteiger partial charge in [-0.05, 0) is 12.1 Å². The van der Waals surface area contributed by atoms with E-state index in [1.165, 1.54) is 0 Å². The minimum atomic E-state index is -0.413. The molecule has 2 heterocycles. The molecule has 0 saturated carbocycles. The van der Waals surface area contributed by atoms with Gasteiger partial charge >= 0.3 is 7.12 Å². The summed E-state index contributed by atoms with van der Waals surface area (Å²) < 4.78 is 16.5. The summed E-state index contributed by atoms with van der Waals surface area (Å²) >= 11 is 0. The topological polar surface area (TPSA) is 40.6 Å². The molecule has 86 valence electrons. The molecular formula is C11H16BNO3. The Morgan fingerprint density at radius 2 is 2.06 bits per heavy atom.